The van der Waals surface area contributed by atoms with Crippen molar-refractivity contribution in [1.82, 2.24) is 10.3 Å². The van der Waals surface area contributed by atoms with Crippen LogP contribution in [-0.4, -0.2) is 17.4 Å². The minimum Gasteiger partial charge on any atom is -0.486 e. The Morgan fingerprint density at radius 3 is 2.77 bits per heavy atom. The monoisotopic (exact) mass is 370 g/mol. The minimum atomic E-state index is -0.289. The molecule has 134 valence electrons. The average molecular weight is 370 g/mol. The van der Waals surface area contributed by atoms with E-state index in [1.54, 1.807) is 6.07 Å². The van der Waals surface area contributed by atoms with Gasteiger partial charge in [0, 0.05) is 24.4 Å². The van der Waals surface area contributed by atoms with Gasteiger partial charge in [-0.2, -0.15) is 0 Å². The Kier molecular flexibility index (Phi) is 5.96. The van der Waals surface area contributed by atoms with Gasteiger partial charge in [-0.15, -0.1) is 11.3 Å². The Hall–Kier alpha value is -2.73. The molecule has 3 rings (SSSR count). The van der Waals surface area contributed by atoms with Gasteiger partial charge in [-0.1, -0.05) is 30.3 Å². The first-order chi connectivity index (χ1) is 12.6. The summed E-state index contributed by atoms with van der Waals surface area (Å²) >= 11 is 1.48. The summed E-state index contributed by atoms with van der Waals surface area (Å²) in [6.07, 6.45) is 0.457. The summed E-state index contributed by atoms with van der Waals surface area (Å²) in [7, 11) is 0. The van der Waals surface area contributed by atoms with Crippen LogP contribution in [0.1, 0.15) is 17.5 Å². The first-order valence-electron chi connectivity index (χ1n) is 8.27. The molecule has 0 aliphatic heterocycles. The van der Waals surface area contributed by atoms with Gasteiger partial charge >= 0.3 is 0 Å². The van der Waals surface area contributed by atoms with Crippen molar-refractivity contribution in [1.29, 1.82) is 0 Å². The van der Waals surface area contributed by atoms with E-state index >= 15 is 0 Å². The van der Waals surface area contributed by atoms with E-state index in [2.05, 4.69) is 10.3 Å². The highest BCUT2D eigenvalue weighted by molar-refractivity contribution is 7.09. The van der Waals surface area contributed by atoms with E-state index in [0.29, 0.717) is 25.1 Å². The summed E-state index contributed by atoms with van der Waals surface area (Å²) in [5, 5.41) is 5.40. The molecule has 0 radical (unpaired) electrons. The highest BCUT2D eigenvalue weighted by atomic mass is 32.1. The molecule has 0 spiro atoms. The van der Waals surface area contributed by atoms with Crippen molar-refractivity contribution in [2.24, 2.45) is 0 Å². The number of aromatic nitrogens is 1. The number of nitrogens with one attached hydrogen (secondary N) is 1. The smallest absolute Gasteiger partial charge is 0.216 e. The van der Waals surface area contributed by atoms with Gasteiger partial charge < -0.3 is 10.1 Å². The van der Waals surface area contributed by atoms with Crippen LogP contribution in [0, 0.1) is 5.82 Å². The number of nitrogens with zero attached hydrogens (tertiary/aromatic N) is 1. The maximum absolute atomic E-state index is 14.3. The zero-order valence-electron chi connectivity index (χ0n) is 14.4. The molecular formula is C20H19FN2O2S. The van der Waals surface area contributed by atoms with Crippen molar-refractivity contribution in [3.63, 3.8) is 0 Å². The molecule has 4 nitrogen and oxygen atoms in total. The van der Waals surface area contributed by atoms with Crippen molar-refractivity contribution >= 4 is 17.2 Å². The molecule has 1 heterocycles. The molecule has 2 aromatic carbocycles. The summed E-state index contributed by atoms with van der Waals surface area (Å²) in [6, 6.07) is 14.6. The number of para-hydroxylation sites is 1. The summed E-state index contributed by atoms with van der Waals surface area (Å²) in [5.41, 5.74) is 2.03. The maximum Gasteiger partial charge on any atom is 0.216 e. The van der Waals surface area contributed by atoms with Crippen LogP contribution in [0.5, 0.6) is 5.75 Å². The van der Waals surface area contributed by atoms with E-state index < -0.39 is 0 Å². The van der Waals surface area contributed by atoms with Gasteiger partial charge in [0.2, 0.25) is 5.91 Å². The Balaban J connectivity index is 1.63. The Bertz CT molecular complexity index is 881. The molecule has 1 amide bonds. The maximum atomic E-state index is 14.3. The predicted octanol–water partition coefficient (Wildman–Crippen LogP) is 4.21. The molecule has 0 fully saturated rings. The zero-order chi connectivity index (χ0) is 18.4. The number of amides is 1. The van der Waals surface area contributed by atoms with Crippen molar-refractivity contribution in [3.05, 3.63) is 70.3 Å². The number of halogens is 1. The third-order valence-electron chi connectivity index (χ3n) is 3.77. The van der Waals surface area contributed by atoms with Gasteiger partial charge in [-0.05, 0) is 30.2 Å². The molecule has 3 aromatic rings. The largest absolute Gasteiger partial charge is 0.486 e. The number of hydrogen-bond donors (Lipinski definition) is 1. The van der Waals surface area contributed by atoms with Crippen LogP contribution in [-0.2, 0) is 17.8 Å². The van der Waals surface area contributed by atoms with E-state index in [4.69, 9.17) is 4.74 Å². The third-order valence-corrected chi connectivity index (χ3v) is 4.60. The molecule has 0 aliphatic rings. The molecule has 0 atom stereocenters. The fourth-order valence-electron chi connectivity index (χ4n) is 2.45. The standard InChI is InChI=1S/C20H19FN2O2S/c1-14(24)22-10-9-15-7-8-16(11-18(15)21)19-13-26-20(23-19)12-25-17-5-3-2-4-6-17/h2-8,11,13H,9-10,12H2,1H3,(H,22,24). The summed E-state index contributed by atoms with van der Waals surface area (Å²) in [6.45, 7) is 2.25. The number of hydrogen-bond acceptors (Lipinski definition) is 4. The predicted molar refractivity (Wildman–Crippen MR) is 101 cm³/mol. The summed E-state index contributed by atoms with van der Waals surface area (Å²) in [5.74, 6) is 0.386. The highest BCUT2D eigenvalue weighted by Crippen LogP contribution is 2.25. The normalized spacial score (nSPS) is 10.5. The number of carbonyl (C=O) groups is 1. The van der Waals surface area contributed by atoms with Gasteiger partial charge in [0.1, 0.15) is 23.2 Å². The zero-order valence-corrected chi connectivity index (χ0v) is 15.2. The van der Waals surface area contributed by atoms with Gasteiger partial charge in [0.05, 0.1) is 5.69 Å². The van der Waals surface area contributed by atoms with Crippen molar-refractivity contribution in [2.45, 2.75) is 20.0 Å². The van der Waals surface area contributed by atoms with Crippen molar-refractivity contribution < 1.29 is 13.9 Å². The molecular weight excluding hydrogens is 351 g/mol. The SMILES string of the molecule is CC(=O)NCCc1ccc(-c2csc(COc3ccccc3)n2)cc1F. The minimum absolute atomic E-state index is 0.116. The molecule has 1 N–H and O–H groups in total. The van der Waals surface area contributed by atoms with E-state index in [0.717, 1.165) is 22.0 Å². The quantitative estimate of drug-likeness (QED) is 0.678. The topological polar surface area (TPSA) is 51.2 Å². The Morgan fingerprint density at radius 2 is 2.04 bits per heavy atom. The molecule has 0 bridgehead atoms. The van der Waals surface area contributed by atoms with E-state index in [1.807, 2.05) is 41.8 Å². The third kappa shape index (κ3) is 4.89. The lowest BCUT2D eigenvalue weighted by molar-refractivity contribution is -0.118. The van der Waals surface area contributed by atoms with Crippen molar-refractivity contribution in [2.75, 3.05) is 6.54 Å². The van der Waals surface area contributed by atoms with E-state index in [-0.39, 0.29) is 11.7 Å². The lowest BCUT2D eigenvalue weighted by atomic mass is 10.1. The molecule has 0 saturated carbocycles. The molecule has 1 aromatic heterocycles. The summed E-state index contributed by atoms with van der Waals surface area (Å²) in [4.78, 5) is 15.4. The molecule has 0 unspecified atom stereocenters. The van der Waals surface area contributed by atoms with Crippen LogP contribution in [0.4, 0.5) is 4.39 Å². The van der Waals surface area contributed by atoms with E-state index in [9.17, 15) is 9.18 Å². The van der Waals surface area contributed by atoms with Crippen LogP contribution in [0.2, 0.25) is 0 Å². The average Bonchev–Trinajstić information content (AvgIpc) is 3.11. The lowest BCUT2D eigenvalue weighted by Crippen LogP contribution is -2.22. The molecule has 0 aliphatic carbocycles. The van der Waals surface area contributed by atoms with Gasteiger partial charge in [-0.25, -0.2) is 9.37 Å². The van der Waals surface area contributed by atoms with Crippen LogP contribution < -0.4 is 10.1 Å². The van der Waals surface area contributed by atoms with E-state index in [1.165, 1.54) is 24.3 Å². The number of benzene rings is 2. The van der Waals surface area contributed by atoms with Gasteiger partial charge in [-0.3, -0.25) is 4.79 Å². The Morgan fingerprint density at radius 1 is 1.23 bits per heavy atom. The van der Waals surface area contributed by atoms with Gasteiger partial charge in [0.25, 0.3) is 0 Å². The van der Waals surface area contributed by atoms with Crippen LogP contribution in [0.15, 0.2) is 53.9 Å². The Labute approximate surface area is 155 Å². The number of thiazole rings is 1. The lowest BCUT2D eigenvalue weighted by Gasteiger charge is -2.06. The first-order valence-corrected chi connectivity index (χ1v) is 9.15. The van der Waals surface area contributed by atoms with Crippen molar-refractivity contribution in [3.8, 4) is 17.0 Å². The molecule has 26 heavy (non-hydrogen) atoms. The second-order valence-corrected chi connectivity index (χ2v) is 6.71. The first kappa shape index (κ1) is 18.1. The highest BCUT2D eigenvalue weighted by Gasteiger charge is 2.09. The summed E-state index contributed by atoms with van der Waals surface area (Å²) < 4.78 is 20.0. The fraction of sp³-hybridized carbons (Fsp3) is 0.200. The van der Waals surface area contributed by atoms with Gasteiger partial charge in [0.15, 0.2) is 0 Å². The number of rotatable bonds is 7. The fourth-order valence-corrected chi connectivity index (χ4v) is 3.17. The number of ether oxygens (including phenoxy) is 1. The second kappa shape index (κ2) is 8.58. The molecule has 0 saturated heterocycles. The van der Waals surface area contributed by atoms with Crippen LogP contribution in [0.3, 0.4) is 0 Å². The van der Waals surface area contributed by atoms with Crippen LogP contribution in [0.25, 0.3) is 11.3 Å². The van der Waals surface area contributed by atoms with Crippen LogP contribution >= 0.6 is 11.3 Å². The number of carbonyl (C=O) groups excluding carboxylic acids is 1. The second-order valence-electron chi connectivity index (χ2n) is 5.77. The molecule has 6 heteroatoms.